The number of nitrogen functional groups attached to an aromatic ring is 1. The van der Waals surface area contributed by atoms with E-state index in [2.05, 4.69) is 26.1 Å². The van der Waals surface area contributed by atoms with E-state index < -0.39 is 5.82 Å². The highest BCUT2D eigenvalue weighted by molar-refractivity contribution is 9.10. The first kappa shape index (κ1) is 13.8. The van der Waals surface area contributed by atoms with E-state index in [1.54, 1.807) is 0 Å². The number of rotatable bonds is 3. The van der Waals surface area contributed by atoms with E-state index in [0.717, 1.165) is 10.0 Å². The largest absolute Gasteiger partial charge is 0.398 e. The van der Waals surface area contributed by atoms with Crippen LogP contribution in [0.5, 0.6) is 0 Å². The maximum atomic E-state index is 13.3. The van der Waals surface area contributed by atoms with Gasteiger partial charge in [0.15, 0.2) is 5.82 Å². The van der Waals surface area contributed by atoms with Crippen LogP contribution in [0.2, 0.25) is 0 Å². The van der Waals surface area contributed by atoms with Crippen molar-refractivity contribution in [3.05, 3.63) is 64.1 Å². The summed E-state index contributed by atoms with van der Waals surface area (Å²) in [6.07, 6.45) is 0.534. The molecule has 0 fully saturated rings. The molecule has 21 heavy (non-hydrogen) atoms. The minimum atomic E-state index is -0.396. The van der Waals surface area contributed by atoms with Crippen LogP contribution in [0.4, 0.5) is 10.1 Å². The molecule has 6 heteroatoms. The Morgan fingerprint density at radius 1 is 1.14 bits per heavy atom. The minimum absolute atomic E-state index is 0.221. The quantitative estimate of drug-likeness (QED) is 0.731. The average Bonchev–Trinajstić information content (AvgIpc) is 2.92. The maximum Gasteiger partial charge on any atom is 0.260 e. The molecule has 1 aromatic heterocycles. The van der Waals surface area contributed by atoms with E-state index in [1.807, 2.05) is 24.3 Å². The molecule has 106 valence electrons. The summed E-state index contributed by atoms with van der Waals surface area (Å²) in [5.74, 6) is 0.349. The molecule has 0 spiro atoms. The lowest BCUT2D eigenvalue weighted by Gasteiger charge is -1.99. The zero-order valence-corrected chi connectivity index (χ0v) is 12.5. The zero-order valence-electron chi connectivity index (χ0n) is 10.9. The minimum Gasteiger partial charge on any atom is -0.398 e. The topological polar surface area (TPSA) is 64.9 Å². The van der Waals surface area contributed by atoms with Gasteiger partial charge in [-0.3, -0.25) is 0 Å². The Bertz CT molecular complexity index is 771. The summed E-state index contributed by atoms with van der Waals surface area (Å²) >= 11 is 3.38. The number of benzene rings is 2. The molecule has 0 aliphatic heterocycles. The summed E-state index contributed by atoms with van der Waals surface area (Å²) in [5, 5.41) is 3.91. The van der Waals surface area contributed by atoms with Crippen molar-refractivity contribution in [2.75, 3.05) is 5.73 Å². The summed E-state index contributed by atoms with van der Waals surface area (Å²) in [5.41, 5.74) is 7.66. The van der Waals surface area contributed by atoms with Crippen LogP contribution in [0.25, 0.3) is 11.5 Å². The fourth-order valence-corrected chi connectivity index (χ4v) is 2.20. The molecule has 0 saturated heterocycles. The molecule has 3 rings (SSSR count). The van der Waals surface area contributed by atoms with Crippen molar-refractivity contribution < 1.29 is 8.91 Å². The summed E-state index contributed by atoms with van der Waals surface area (Å²) in [4.78, 5) is 4.26. The third-order valence-corrected chi connectivity index (χ3v) is 3.52. The number of nitrogens with two attached hydrogens (primary N) is 1. The summed E-state index contributed by atoms with van der Waals surface area (Å²) in [7, 11) is 0. The second-order valence-electron chi connectivity index (χ2n) is 4.55. The Morgan fingerprint density at radius 3 is 2.67 bits per heavy atom. The number of nitrogens with zero attached hydrogens (tertiary/aromatic N) is 2. The lowest BCUT2D eigenvalue weighted by Crippen LogP contribution is -1.93. The van der Waals surface area contributed by atoms with Gasteiger partial charge in [-0.25, -0.2) is 4.39 Å². The molecule has 0 aliphatic rings. The van der Waals surface area contributed by atoms with Crippen molar-refractivity contribution >= 4 is 21.6 Å². The smallest absolute Gasteiger partial charge is 0.260 e. The summed E-state index contributed by atoms with van der Waals surface area (Å²) in [6, 6.07) is 11.9. The monoisotopic (exact) mass is 347 g/mol. The molecule has 2 N–H and O–H groups in total. The number of anilines is 1. The van der Waals surface area contributed by atoms with E-state index in [-0.39, 0.29) is 5.89 Å². The van der Waals surface area contributed by atoms with Gasteiger partial charge in [0.2, 0.25) is 0 Å². The van der Waals surface area contributed by atoms with Gasteiger partial charge in [-0.2, -0.15) is 4.98 Å². The van der Waals surface area contributed by atoms with Crippen molar-refractivity contribution in [2.45, 2.75) is 6.42 Å². The SMILES string of the molecule is Nc1ccc(F)cc1-c1nc(Cc2ccc(Br)cc2)no1. The molecule has 0 aliphatic carbocycles. The summed E-state index contributed by atoms with van der Waals surface area (Å²) < 4.78 is 19.4. The lowest BCUT2D eigenvalue weighted by atomic mass is 10.1. The van der Waals surface area contributed by atoms with Crippen molar-refractivity contribution in [3.8, 4) is 11.5 Å². The van der Waals surface area contributed by atoms with Crippen LogP contribution in [0.15, 0.2) is 51.5 Å². The Labute approximate surface area is 128 Å². The lowest BCUT2D eigenvalue weighted by molar-refractivity contribution is 0.424. The Kier molecular flexibility index (Phi) is 3.70. The van der Waals surface area contributed by atoms with Crippen molar-refractivity contribution in [1.29, 1.82) is 0 Å². The number of hydrogen-bond acceptors (Lipinski definition) is 4. The molecule has 0 amide bonds. The molecule has 3 aromatic rings. The number of halogens is 2. The zero-order chi connectivity index (χ0) is 14.8. The standard InChI is InChI=1S/C15H11BrFN3O/c16-10-3-1-9(2-4-10)7-14-19-15(21-20-14)12-8-11(17)5-6-13(12)18/h1-6,8H,7,18H2. The van der Waals surface area contributed by atoms with Crippen LogP contribution in [0.3, 0.4) is 0 Å². The third kappa shape index (κ3) is 3.11. The fourth-order valence-electron chi connectivity index (χ4n) is 1.93. The van der Waals surface area contributed by atoms with E-state index >= 15 is 0 Å². The first-order valence-electron chi connectivity index (χ1n) is 6.24. The predicted molar refractivity (Wildman–Crippen MR) is 81.1 cm³/mol. The second-order valence-corrected chi connectivity index (χ2v) is 5.47. The van der Waals surface area contributed by atoms with Crippen LogP contribution in [-0.4, -0.2) is 10.1 Å². The van der Waals surface area contributed by atoms with E-state index in [4.69, 9.17) is 10.3 Å². The number of hydrogen-bond donors (Lipinski definition) is 1. The van der Waals surface area contributed by atoms with Crippen molar-refractivity contribution in [2.24, 2.45) is 0 Å². The van der Waals surface area contributed by atoms with Crippen LogP contribution in [0, 0.1) is 5.82 Å². The first-order valence-corrected chi connectivity index (χ1v) is 7.03. The normalized spacial score (nSPS) is 10.8. The van der Waals surface area contributed by atoms with Gasteiger partial charge in [0, 0.05) is 16.6 Å². The molecular formula is C15H11BrFN3O. The molecule has 1 heterocycles. The Hall–Kier alpha value is -2.21. The van der Waals surface area contributed by atoms with Crippen LogP contribution < -0.4 is 5.73 Å². The Morgan fingerprint density at radius 2 is 1.90 bits per heavy atom. The Balaban J connectivity index is 1.86. The van der Waals surface area contributed by atoms with Crippen LogP contribution in [0.1, 0.15) is 11.4 Å². The van der Waals surface area contributed by atoms with E-state index in [1.165, 1.54) is 18.2 Å². The van der Waals surface area contributed by atoms with E-state index in [9.17, 15) is 4.39 Å². The fraction of sp³-hybridized carbons (Fsp3) is 0.0667. The molecule has 2 aromatic carbocycles. The first-order chi connectivity index (χ1) is 10.1. The molecule has 0 unspecified atom stereocenters. The molecule has 0 atom stereocenters. The van der Waals surface area contributed by atoms with Gasteiger partial charge >= 0.3 is 0 Å². The molecule has 4 nitrogen and oxygen atoms in total. The van der Waals surface area contributed by atoms with Gasteiger partial charge in [0.1, 0.15) is 5.82 Å². The van der Waals surface area contributed by atoms with Gasteiger partial charge in [0.05, 0.1) is 5.56 Å². The van der Waals surface area contributed by atoms with Gasteiger partial charge in [-0.15, -0.1) is 0 Å². The highest BCUT2D eigenvalue weighted by atomic mass is 79.9. The predicted octanol–water partition coefficient (Wildman–Crippen LogP) is 3.81. The van der Waals surface area contributed by atoms with Crippen molar-refractivity contribution in [1.82, 2.24) is 10.1 Å². The highest BCUT2D eigenvalue weighted by Crippen LogP contribution is 2.25. The molecular weight excluding hydrogens is 337 g/mol. The van der Waals surface area contributed by atoms with Crippen LogP contribution in [-0.2, 0) is 6.42 Å². The van der Waals surface area contributed by atoms with Gasteiger partial charge in [0.25, 0.3) is 5.89 Å². The average molecular weight is 348 g/mol. The van der Waals surface area contributed by atoms with Crippen LogP contribution >= 0.6 is 15.9 Å². The molecule has 0 saturated carbocycles. The molecule has 0 bridgehead atoms. The van der Waals surface area contributed by atoms with Gasteiger partial charge in [-0.1, -0.05) is 33.2 Å². The highest BCUT2D eigenvalue weighted by Gasteiger charge is 2.13. The number of aromatic nitrogens is 2. The van der Waals surface area contributed by atoms with Gasteiger partial charge < -0.3 is 10.3 Å². The molecule has 0 radical (unpaired) electrons. The summed E-state index contributed by atoms with van der Waals surface area (Å²) in [6.45, 7) is 0. The second kappa shape index (κ2) is 5.65. The van der Waals surface area contributed by atoms with E-state index in [0.29, 0.717) is 23.5 Å². The van der Waals surface area contributed by atoms with Crippen molar-refractivity contribution in [3.63, 3.8) is 0 Å². The third-order valence-electron chi connectivity index (χ3n) is 2.99. The van der Waals surface area contributed by atoms with Gasteiger partial charge in [-0.05, 0) is 35.9 Å². The maximum absolute atomic E-state index is 13.3.